The maximum atomic E-state index is 6.47. The number of benzene rings is 9. The molecule has 60 heavy (non-hydrogen) atoms. The molecule has 0 amide bonds. The SMILES string of the molecule is CC1(C)c2ccccc2-c2c(N(c3ccc(-c4cccc5c4oc4ccccc45)cc3)c3ccc(-c4cccc5c4c4ccccc4n5-c4ccccc4)cc3)cccc21. The molecular weight excluding hydrogens is 729 g/mol. The molecule has 0 radical (unpaired) electrons. The first kappa shape index (κ1) is 34.4. The van der Waals surface area contributed by atoms with E-state index < -0.39 is 0 Å². The van der Waals surface area contributed by atoms with Gasteiger partial charge in [0.25, 0.3) is 0 Å². The highest BCUT2D eigenvalue weighted by Crippen LogP contribution is 2.54. The molecule has 0 bridgehead atoms. The van der Waals surface area contributed by atoms with Crippen LogP contribution in [-0.2, 0) is 5.41 Å². The number of aromatic nitrogens is 1. The van der Waals surface area contributed by atoms with Crippen LogP contribution < -0.4 is 4.90 Å². The van der Waals surface area contributed by atoms with E-state index in [4.69, 9.17) is 4.42 Å². The summed E-state index contributed by atoms with van der Waals surface area (Å²) in [5.74, 6) is 0. The Morgan fingerprint density at radius 3 is 1.80 bits per heavy atom. The normalized spacial score (nSPS) is 13.0. The Bertz CT molecular complexity index is 3440. The van der Waals surface area contributed by atoms with Gasteiger partial charge in [0, 0.05) is 55.1 Å². The summed E-state index contributed by atoms with van der Waals surface area (Å²) in [5.41, 5.74) is 18.5. The van der Waals surface area contributed by atoms with Crippen LogP contribution >= 0.6 is 0 Å². The molecule has 12 rings (SSSR count). The second kappa shape index (κ2) is 13.2. The van der Waals surface area contributed by atoms with Crippen molar-refractivity contribution in [2.45, 2.75) is 19.3 Å². The van der Waals surface area contributed by atoms with Crippen LogP contribution in [0.4, 0.5) is 17.1 Å². The predicted molar refractivity (Wildman–Crippen MR) is 251 cm³/mol. The number of furan rings is 1. The zero-order valence-corrected chi connectivity index (χ0v) is 33.4. The van der Waals surface area contributed by atoms with E-state index in [0.717, 1.165) is 50.1 Å². The van der Waals surface area contributed by atoms with Gasteiger partial charge in [-0.2, -0.15) is 0 Å². The Kier molecular flexibility index (Phi) is 7.58. The number of hydrogen-bond donors (Lipinski definition) is 0. The second-order valence-electron chi connectivity index (χ2n) is 16.5. The highest BCUT2D eigenvalue weighted by atomic mass is 16.3. The van der Waals surface area contributed by atoms with Crippen molar-refractivity contribution < 1.29 is 4.42 Å². The zero-order chi connectivity index (χ0) is 40.0. The lowest BCUT2D eigenvalue weighted by molar-refractivity contribution is 0.660. The average Bonchev–Trinajstić information content (AvgIpc) is 3.93. The molecule has 0 fully saturated rings. The van der Waals surface area contributed by atoms with Crippen molar-refractivity contribution in [3.8, 4) is 39.1 Å². The van der Waals surface area contributed by atoms with E-state index >= 15 is 0 Å². The largest absolute Gasteiger partial charge is 0.455 e. The number of hydrogen-bond acceptors (Lipinski definition) is 2. The third kappa shape index (κ3) is 5.09. The third-order valence-corrected chi connectivity index (χ3v) is 12.8. The fourth-order valence-electron chi connectivity index (χ4n) is 10.0. The zero-order valence-electron chi connectivity index (χ0n) is 33.4. The van der Waals surface area contributed by atoms with Gasteiger partial charge in [-0.25, -0.2) is 0 Å². The van der Waals surface area contributed by atoms with Crippen molar-refractivity contribution in [2.24, 2.45) is 0 Å². The summed E-state index contributed by atoms with van der Waals surface area (Å²) in [6.07, 6.45) is 0. The van der Waals surface area contributed by atoms with Crippen molar-refractivity contribution >= 4 is 60.8 Å². The van der Waals surface area contributed by atoms with Crippen molar-refractivity contribution in [3.63, 3.8) is 0 Å². The van der Waals surface area contributed by atoms with Crippen molar-refractivity contribution in [1.29, 1.82) is 0 Å². The van der Waals surface area contributed by atoms with Gasteiger partial charge in [0.1, 0.15) is 11.2 Å². The molecule has 0 aliphatic heterocycles. The highest BCUT2D eigenvalue weighted by Gasteiger charge is 2.37. The molecule has 284 valence electrons. The molecule has 3 heteroatoms. The van der Waals surface area contributed by atoms with Crippen molar-refractivity contribution in [2.75, 3.05) is 4.90 Å². The monoisotopic (exact) mass is 768 g/mol. The van der Waals surface area contributed by atoms with Gasteiger partial charge in [-0.1, -0.05) is 159 Å². The van der Waals surface area contributed by atoms with Gasteiger partial charge in [0.15, 0.2) is 0 Å². The molecule has 1 aliphatic carbocycles. The first-order chi connectivity index (χ1) is 29.5. The van der Waals surface area contributed by atoms with Gasteiger partial charge in [-0.15, -0.1) is 0 Å². The van der Waals surface area contributed by atoms with Crippen LogP contribution in [0.3, 0.4) is 0 Å². The number of anilines is 3. The average molecular weight is 769 g/mol. The van der Waals surface area contributed by atoms with Crippen LogP contribution in [0.15, 0.2) is 211 Å². The highest BCUT2D eigenvalue weighted by molar-refractivity contribution is 6.16. The van der Waals surface area contributed by atoms with Crippen molar-refractivity contribution in [1.82, 2.24) is 4.57 Å². The standard InChI is InChI=1S/C57H40N2O/c1-57(2)48-23-9-6-18-46(48)55-49(57)24-14-27-52(55)58(41-35-31-38(32-36-41)43-21-12-22-45-44-17-8-11-28-53(44)60-56(43)45)40-33-29-37(30-34-40)42-20-13-26-51-54(42)47-19-7-10-25-50(47)59(51)39-15-4-3-5-16-39/h3-36H,1-2H3. The molecule has 0 spiro atoms. The maximum Gasteiger partial charge on any atom is 0.143 e. The molecule has 0 saturated carbocycles. The summed E-state index contributed by atoms with van der Waals surface area (Å²) >= 11 is 0. The van der Waals surface area contributed by atoms with Gasteiger partial charge in [0.2, 0.25) is 0 Å². The fraction of sp³-hybridized carbons (Fsp3) is 0.0526. The fourth-order valence-corrected chi connectivity index (χ4v) is 10.0. The minimum atomic E-state index is -0.121. The molecule has 9 aromatic carbocycles. The van der Waals surface area contributed by atoms with E-state index in [1.54, 1.807) is 0 Å². The first-order valence-electron chi connectivity index (χ1n) is 20.8. The Balaban J connectivity index is 1.02. The minimum Gasteiger partial charge on any atom is -0.455 e. The molecule has 0 unspecified atom stereocenters. The molecule has 0 atom stereocenters. The molecule has 3 nitrogen and oxygen atoms in total. The van der Waals surface area contributed by atoms with E-state index in [2.05, 4.69) is 217 Å². The Morgan fingerprint density at radius 2 is 1.00 bits per heavy atom. The number of nitrogens with zero attached hydrogens (tertiary/aromatic N) is 2. The van der Waals surface area contributed by atoms with E-state index in [1.165, 1.54) is 60.9 Å². The smallest absolute Gasteiger partial charge is 0.143 e. The lowest BCUT2D eigenvalue weighted by atomic mass is 9.82. The summed E-state index contributed by atoms with van der Waals surface area (Å²) < 4.78 is 8.85. The van der Waals surface area contributed by atoms with Gasteiger partial charge in [-0.3, -0.25) is 0 Å². The van der Waals surface area contributed by atoms with Crippen LogP contribution in [0.2, 0.25) is 0 Å². The van der Waals surface area contributed by atoms with E-state index in [1.807, 2.05) is 12.1 Å². The van der Waals surface area contributed by atoms with E-state index in [-0.39, 0.29) is 5.41 Å². The van der Waals surface area contributed by atoms with Crippen LogP contribution in [0.1, 0.15) is 25.0 Å². The topological polar surface area (TPSA) is 21.3 Å². The minimum absolute atomic E-state index is 0.121. The van der Waals surface area contributed by atoms with Crippen LogP contribution in [0, 0.1) is 0 Å². The Labute approximate surface area is 349 Å². The number of rotatable bonds is 6. The Hall–Kier alpha value is -7.62. The van der Waals surface area contributed by atoms with E-state index in [0.29, 0.717) is 0 Å². The number of fused-ring (bicyclic) bond motifs is 9. The lowest BCUT2D eigenvalue weighted by Gasteiger charge is -2.29. The van der Waals surface area contributed by atoms with Gasteiger partial charge < -0.3 is 13.9 Å². The molecule has 1 aliphatic rings. The predicted octanol–water partition coefficient (Wildman–Crippen LogP) is 15.8. The van der Waals surface area contributed by atoms with Gasteiger partial charge in [0.05, 0.1) is 16.7 Å². The molecule has 2 heterocycles. The van der Waals surface area contributed by atoms with Gasteiger partial charge >= 0.3 is 0 Å². The van der Waals surface area contributed by atoms with Crippen LogP contribution in [-0.4, -0.2) is 4.57 Å². The van der Waals surface area contributed by atoms with Crippen molar-refractivity contribution in [3.05, 3.63) is 217 Å². The molecule has 11 aromatic rings. The first-order valence-corrected chi connectivity index (χ1v) is 20.8. The van der Waals surface area contributed by atoms with Crippen LogP contribution in [0.5, 0.6) is 0 Å². The summed E-state index contributed by atoms with van der Waals surface area (Å²) in [6, 6.07) is 74.8. The molecular formula is C57H40N2O. The Morgan fingerprint density at radius 1 is 0.433 bits per heavy atom. The summed E-state index contributed by atoms with van der Waals surface area (Å²) in [4.78, 5) is 2.44. The summed E-state index contributed by atoms with van der Waals surface area (Å²) in [5, 5.41) is 4.78. The van der Waals surface area contributed by atoms with E-state index in [9.17, 15) is 0 Å². The quantitative estimate of drug-likeness (QED) is 0.168. The van der Waals surface area contributed by atoms with Crippen LogP contribution in [0.25, 0.3) is 82.8 Å². The second-order valence-corrected chi connectivity index (χ2v) is 16.5. The summed E-state index contributed by atoms with van der Waals surface area (Å²) in [7, 11) is 0. The molecule has 0 N–H and O–H groups in total. The molecule has 2 aromatic heterocycles. The maximum absolute atomic E-state index is 6.47. The molecule has 0 saturated heterocycles. The number of para-hydroxylation sites is 4. The van der Waals surface area contributed by atoms with Gasteiger partial charge in [-0.05, 0) is 94.0 Å². The summed E-state index contributed by atoms with van der Waals surface area (Å²) in [6.45, 7) is 4.70. The third-order valence-electron chi connectivity index (χ3n) is 12.8. The lowest BCUT2D eigenvalue weighted by Crippen LogP contribution is -2.16.